The zero-order chi connectivity index (χ0) is 15.4. The normalized spacial score (nSPS) is 16.8. The Labute approximate surface area is 132 Å². The molecule has 1 aromatic carbocycles. The van der Waals surface area contributed by atoms with Gasteiger partial charge in [-0.05, 0) is 19.9 Å². The maximum atomic E-state index is 6.00. The van der Waals surface area contributed by atoms with E-state index < -0.39 is 5.79 Å². The lowest BCUT2D eigenvalue weighted by Crippen LogP contribution is -2.35. The minimum Gasteiger partial charge on any atom is -0.343 e. The molecule has 2 aromatic rings. The zero-order valence-corrected chi connectivity index (χ0v) is 13.4. The van der Waals surface area contributed by atoms with Gasteiger partial charge in [0.2, 0.25) is 0 Å². The molecular formula is C19H24NO2+. The summed E-state index contributed by atoms with van der Waals surface area (Å²) in [7, 11) is 0. The van der Waals surface area contributed by atoms with E-state index in [1.54, 1.807) is 0 Å². The van der Waals surface area contributed by atoms with Crippen LogP contribution in [0.5, 0.6) is 0 Å². The number of aromatic nitrogens is 1. The molecule has 0 bridgehead atoms. The fourth-order valence-corrected chi connectivity index (χ4v) is 3.00. The lowest BCUT2D eigenvalue weighted by molar-refractivity contribution is -0.698. The van der Waals surface area contributed by atoms with Crippen LogP contribution in [0.4, 0.5) is 0 Å². The summed E-state index contributed by atoms with van der Waals surface area (Å²) in [6, 6.07) is 12.7. The number of benzene rings is 1. The second-order valence-corrected chi connectivity index (χ2v) is 6.04. The van der Waals surface area contributed by atoms with Crippen molar-refractivity contribution in [2.75, 3.05) is 13.2 Å². The van der Waals surface area contributed by atoms with Crippen LogP contribution in [-0.4, -0.2) is 13.2 Å². The highest BCUT2D eigenvalue weighted by molar-refractivity contribution is 5.25. The molecule has 0 aliphatic carbocycles. The molecule has 1 aliphatic heterocycles. The zero-order valence-electron chi connectivity index (χ0n) is 13.4. The van der Waals surface area contributed by atoms with Gasteiger partial charge in [0.1, 0.15) is 6.54 Å². The van der Waals surface area contributed by atoms with Gasteiger partial charge in [0.25, 0.3) is 0 Å². The van der Waals surface area contributed by atoms with Crippen LogP contribution in [0.3, 0.4) is 0 Å². The van der Waals surface area contributed by atoms with Crippen molar-refractivity contribution in [1.82, 2.24) is 0 Å². The fraction of sp³-hybridized carbons (Fsp3) is 0.421. The van der Waals surface area contributed by atoms with Crippen molar-refractivity contribution in [1.29, 1.82) is 0 Å². The van der Waals surface area contributed by atoms with Crippen LogP contribution in [0.2, 0.25) is 0 Å². The number of aryl methyl sites for hydroxylation is 3. The van der Waals surface area contributed by atoms with E-state index in [1.165, 1.54) is 11.1 Å². The lowest BCUT2D eigenvalue weighted by Gasteiger charge is -2.27. The molecule has 1 saturated heterocycles. The molecule has 0 saturated carbocycles. The van der Waals surface area contributed by atoms with Gasteiger partial charge in [-0.2, -0.15) is 0 Å². The summed E-state index contributed by atoms with van der Waals surface area (Å²) in [5.41, 5.74) is 3.67. The van der Waals surface area contributed by atoms with Crippen LogP contribution in [0.25, 0.3) is 0 Å². The van der Waals surface area contributed by atoms with E-state index in [-0.39, 0.29) is 0 Å². The first-order valence-corrected chi connectivity index (χ1v) is 7.99. The van der Waals surface area contributed by atoms with Crippen molar-refractivity contribution in [2.45, 2.75) is 39.0 Å². The number of pyridine rings is 1. The molecule has 0 spiro atoms. The highest BCUT2D eigenvalue weighted by Gasteiger charge is 2.38. The predicted octanol–water partition coefficient (Wildman–Crippen LogP) is 3.27. The average Bonchev–Trinajstić information content (AvgIpc) is 2.98. The van der Waals surface area contributed by atoms with Crippen LogP contribution < -0.4 is 4.57 Å². The van der Waals surface area contributed by atoms with Crippen molar-refractivity contribution >= 4 is 0 Å². The standard InChI is InChI=1S/C19H24NO2/c1-16-6-8-18(9-7-16)19(21-13-14-22-19)10-4-12-20-11-3-5-17(2)15-20/h3,5-9,11,15H,4,10,12-14H2,1-2H3/q+1. The number of hydrogen-bond donors (Lipinski definition) is 0. The van der Waals surface area contributed by atoms with Gasteiger partial charge in [0.05, 0.1) is 13.2 Å². The molecular weight excluding hydrogens is 274 g/mol. The van der Waals surface area contributed by atoms with Crippen molar-refractivity contribution in [3.05, 3.63) is 65.5 Å². The van der Waals surface area contributed by atoms with Crippen LogP contribution in [0.1, 0.15) is 29.5 Å². The van der Waals surface area contributed by atoms with Gasteiger partial charge in [-0.1, -0.05) is 29.8 Å². The Hall–Kier alpha value is -1.71. The second kappa shape index (κ2) is 6.59. The van der Waals surface area contributed by atoms with E-state index in [1.807, 2.05) is 0 Å². The molecule has 1 aliphatic rings. The minimum absolute atomic E-state index is 0.557. The molecule has 0 atom stereocenters. The predicted molar refractivity (Wildman–Crippen MR) is 85.4 cm³/mol. The summed E-state index contributed by atoms with van der Waals surface area (Å²) in [6.07, 6.45) is 6.18. The molecule has 3 rings (SSSR count). The number of rotatable bonds is 5. The second-order valence-electron chi connectivity index (χ2n) is 6.04. The first-order valence-electron chi connectivity index (χ1n) is 7.99. The Bertz CT molecular complexity index is 616. The van der Waals surface area contributed by atoms with E-state index in [0.717, 1.165) is 24.9 Å². The van der Waals surface area contributed by atoms with Crippen LogP contribution in [0, 0.1) is 13.8 Å². The third-order valence-corrected chi connectivity index (χ3v) is 4.17. The smallest absolute Gasteiger partial charge is 0.195 e. The summed E-state index contributed by atoms with van der Waals surface area (Å²) in [5.74, 6) is -0.557. The van der Waals surface area contributed by atoms with Crippen molar-refractivity contribution in [3.63, 3.8) is 0 Å². The molecule has 116 valence electrons. The van der Waals surface area contributed by atoms with Gasteiger partial charge in [0.15, 0.2) is 18.2 Å². The molecule has 3 nitrogen and oxygen atoms in total. The third-order valence-electron chi connectivity index (χ3n) is 4.17. The average molecular weight is 298 g/mol. The molecule has 0 radical (unpaired) electrons. The Morgan fingerprint density at radius 3 is 2.41 bits per heavy atom. The van der Waals surface area contributed by atoms with Crippen LogP contribution >= 0.6 is 0 Å². The molecule has 22 heavy (non-hydrogen) atoms. The number of hydrogen-bond acceptors (Lipinski definition) is 2. The monoisotopic (exact) mass is 298 g/mol. The summed E-state index contributed by atoms with van der Waals surface area (Å²) in [5, 5.41) is 0. The van der Waals surface area contributed by atoms with Gasteiger partial charge in [0, 0.05) is 30.0 Å². The first-order chi connectivity index (χ1) is 10.7. The molecule has 0 N–H and O–H groups in total. The highest BCUT2D eigenvalue weighted by Crippen LogP contribution is 2.36. The van der Waals surface area contributed by atoms with Crippen molar-refractivity contribution < 1.29 is 14.0 Å². The van der Waals surface area contributed by atoms with E-state index in [9.17, 15) is 0 Å². The molecule has 0 unspecified atom stereocenters. The lowest BCUT2D eigenvalue weighted by atomic mass is 9.99. The largest absolute Gasteiger partial charge is 0.343 e. The first kappa shape index (κ1) is 15.2. The van der Waals surface area contributed by atoms with E-state index in [2.05, 4.69) is 67.2 Å². The molecule has 2 heterocycles. The van der Waals surface area contributed by atoms with E-state index in [0.29, 0.717) is 13.2 Å². The van der Waals surface area contributed by atoms with Crippen LogP contribution in [-0.2, 0) is 21.8 Å². The number of nitrogens with zero attached hydrogens (tertiary/aromatic N) is 1. The highest BCUT2D eigenvalue weighted by atomic mass is 16.7. The summed E-state index contributed by atoms with van der Waals surface area (Å²) in [6.45, 7) is 6.54. The Morgan fingerprint density at radius 2 is 1.73 bits per heavy atom. The molecule has 1 fully saturated rings. The Balaban J connectivity index is 1.68. The van der Waals surface area contributed by atoms with Gasteiger partial charge in [-0.3, -0.25) is 0 Å². The quantitative estimate of drug-likeness (QED) is 0.791. The van der Waals surface area contributed by atoms with Gasteiger partial charge in [-0.25, -0.2) is 4.57 Å². The minimum atomic E-state index is -0.557. The van der Waals surface area contributed by atoms with Gasteiger partial charge in [-0.15, -0.1) is 0 Å². The van der Waals surface area contributed by atoms with Gasteiger partial charge >= 0.3 is 0 Å². The summed E-state index contributed by atoms with van der Waals surface area (Å²) in [4.78, 5) is 0. The van der Waals surface area contributed by atoms with Gasteiger partial charge < -0.3 is 9.47 Å². The molecule has 3 heteroatoms. The number of ether oxygens (including phenoxy) is 2. The topological polar surface area (TPSA) is 22.3 Å². The van der Waals surface area contributed by atoms with E-state index in [4.69, 9.17) is 9.47 Å². The SMILES string of the molecule is Cc1ccc(C2(CCC[n+]3cccc(C)c3)OCCO2)cc1. The van der Waals surface area contributed by atoms with Crippen molar-refractivity contribution in [2.24, 2.45) is 0 Å². The molecule has 0 amide bonds. The maximum Gasteiger partial charge on any atom is 0.195 e. The van der Waals surface area contributed by atoms with E-state index >= 15 is 0 Å². The molecule has 1 aromatic heterocycles. The van der Waals surface area contributed by atoms with Crippen molar-refractivity contribution in [3.8, 4) is 0 Å². The third kappa shape index (κ3) is 3.37. The summed E-state index contributed by atoms with van der Waals surface area (Å²) < 4.78 is 14.2. The van der Waals surface area contributed by atoms with Crippen LogP contribution in [0.15, 0.2) is 48.8 Å². The maximum absolute atomic E-state index is 6.00. The Kier molecular flexibility index (Phi) is 4.55. The Morgan fingerprint density at radius 1 is 1.00 bits per heavy atom. The summed E-state index contributed by atoms with van der Waals surface area (Å²) >= 11 is 0. The fourth-order valence-electron chi connectivity index (χ4n) is 3.00.